The largest absolute Gasteiger partial charge is 0.496 e. The van der Waals surface area contributed by atoms with E-state index in [1.54, 1.807) is 7.11 Å². The van der Waals surface area contributed by atoms with Gasteiger partial charge in [-0.25, -0.2) is 0 Å². The van der Waals surface area contributed by atoms with Crippen molar-refractivity contribution >= 4 is 46.3 Å². The molecule has 0 saturated heterocycles. The van der Waals surface area contributed by atoms with Gasteiger partial charge in [0.2, 0.25) is 0 Å². The highest BCUT2D eigenvalue weighted by Gasteiger charge is 2.21. The van der Waals surface area contributed by atoms with Crippen molar-refractivity contribution in [2.75, 3.05) is 12.9 Å². The van der Waals surface area contributed by atoms with Gasteiger partial charge in [0.1, 0.15) is 5.75 Å². The third-order valence-corrected chi connectivity index (χ3v) is 6.51. The number of ether oxygens (including phenoxy) is 1. The molecule has 0 saturated carbocycles. The monoisotopic (exact) mass is 344 g/mol. The molecular formula is C15H14Cl2OS2. The van der Waals surface area contributed by atoms with Crippen molar-refractivity contribution < 1.29 is 4.74 Å². The summed E-state index contributed by atoms with van der Waals surface area (Å²) < 4.78 is 5.40. The van der Waals surface area contributed by atoms with Crippen LogP contribution in [0.2, 0.25) is 5.02 Å². The van der Waals surface area contributed by atoms with Gasteiger partial charge in [-0.3, -0.25) is 0 Å². The molecule has 2 heterocycles. The SMILES string of the molecule is COc1ccc(Cl)cc1C(Cl)c1cc2c(s1)CCSC2. The Kier molecular flexibility index (Phi) is 4.51. The van der Waals surface area contributed by atoms with Crippen LogP contribution in [0.4, 0.5) is 0 Å². The minimum atomic E-state index is -0.204. The van der Waals surface area contributed by atoms with E-state index in [-0.39, 0.29) is 5.38 Å². The average Bonchev–Trinajstić information content (AvgIpc) is 2.90. The van der Waals surface area contributed by atoms with E-state index in [1.165, 1.54) is 21.1 Å². The fourth-order valence-corrected chi connectivity index (χ4v) is 5.27. The second kappa shape index (κ2) is 6.18. The Balaban J connectivity index is 1.97. The highest BCUT2D eigenvalue weighted by molar-refractivity contribution is 7.98. The Bertz CT molecular complexity index is 601. The van der Waals surface area contributed by atoms with Crippen molar-refractivity contribution in [3.05, 3.63) is 50.2 Å². The normalized spacial score (nSPS) is 15.8. The number of alkyl halides is 1. The summed E-state index contributed by atoms with van der Waals surface area (Å²) in [5, 5.41) is 0.479. The highest BCUT2D eigenvalue weighted by Crippen LogP contribution is 2.42. The summed E-state index contributed by atoms with van der Waals surface area (Å²) in [6.07, 6.45) is 1.15. The lowest BCUT2D eigenvalue weighted by Gasteiger charge is -2.13. The molecule has 0 amide bonds. The Hall–Kier alpha value is -0.350. The van der Waals surface area contributed by atoms with Gasteiger partial charge in [-0.1, -0.05) is 11.6 Å². The van der Waals surface area contributed by atoms with Crippen LogP contribution in [0, 0.1) is 0 Å². The molecule has 0 fully saturated rings. The summed E-state index contributed by atoms with van der Waals surface area (Å²) in [4.78, 5) is 2.66. The average molecular weight is 345 g/mol. The molecule has 1 nitrogen and oxygen atoms in total. The van der Waals surface area contributed by atoms with E-state index < -0.39 is 0 Å². The van der Waals surface area contributed by atoms with Gasteiger partial charge in [0.25, 0.3) is 0 Å². The van der Waals surface area contributed by atoms with Crippen molar-refractivity contribution in [1.29, 1.82) is 0 Å². The topological polar surface area (TPSA) is 9.23 Å². The zero-order chi connectivity index (χ0) is 14.1. The van der Waals surface area contributed by atoms with Crippen molar-refractivity contribution in [2.45, 2.75) is 17.6 Å². The predicted molar refractivity (Wildman–Crippen MR) is 89.9 cm³/mol. The molecule has 0 N–H and O–H groups in total. The first-order chi connectivity index (χ1) is 9.69. The third kappa shape index (κ3) is 2.82. The lowest BCUT2D eigenvalue weighted by atomic mass is 10.1. The molecule has 2 aromatic rings. The van der Waals surface area contributed by atoms with Gasteiger partial charge < -0.3 is 4.74 Å². The second-order valence-corrected chi connectivity index (χ2v) is 7.79. The van der Waals surface area contributed by atoms with Crippen LogP contribution >= 0.6 is 46.3 Å². The van der Waals surface area contributed by atoms with Crippen LogP contribution in [0.15, 0.2) is 24.3 Å². The van der Waals surface area contributed by atoms with Crippen LogP contribution in [0.1, 0.15) is 26.3 Å². The summed E-state index contributed by atoms with van der Waals surface area (Å²) in [6, 6.07) is 7.83. The number of fused-ring (bicyclic) bond motifs is 1. The van der Waals surface area contributed by atoms with Crippen molar-refractivity contribution in [1.82, 2.24) is 0 Å². The van der Waals surface area contributed by atoms with E-state index in [0.29, 0.717) is 5.02 Å². The molecule has 3 rings (SSSR count). The van der Waals surface area contributed by atoms with E-state index in [4.69, 9.17) is 27.9 Å². The number of benzene rings is 1. The van der Waals surface area contributed by atoms with Gasteiger partial charge in [0.15, 0.2) is 0 Å². The molecular weight excluding hydrogens is 331 g/mol. The van der Waals surface area contributed by atoms with Crippen molar-refractivity contribution in [3.8, 4) is 5.75 Å². The number of thioether (sulfide) groups is 1. The molecule has 0 spiro atoms. The van der Waals surface area contributed by atoms with Crippen LogP contribution in [0.3, 0.4) is 0 Å². The molecule has 1 atom stereocenters. The maximum atomic E-state index is 6.67. The zero-order valence-corrected chi connectivity index (χ0v) is 14.1. The predicted octanol–water partition coefficient (Wildman–Crippen LogP) is 5.53. The fraction of sp³-hybridized carbons (Fsp3) is 0.333. The van der Waals surface area contributed by atoms with Gasteiger partial charge in [0, 0.05) is 26.1 Å². The number of rotatable bonds is 3. The van der Waals surface area contributed by atoms with E-state index in [2.05, 4.69) is 6.07 Å². The van der Waals surface area contributed by atoms with E-state index >= 15 is 0 Å². The molecule has 106 valence electrons. The Morgan fingerprint density at radius 2 is 2.15 bits per heavy atom. The molecule has 5 heteroatoms. The van der Waals surface area contributed by atoms with Gasteiger partial charge in [-0.2, -0.15) is 11.8 Å². The van der Waals surface area contributed by atoms with E-state index in [1.807, 2.05) is 41.3 Å². The Morgan fingerprint density at radius 1 is 1.30 bits per heavy atom. The second-order valence-electron chi connectivity index (χ2n) is 4.65. The maximum Gasteiger partial charge on any atom is 0.124 e. The molecule has 1 aliphatic rings. The molecule has 20 heavy (non-hydrogen) atoms. The minimum Gasteiger partial charge on any atom is -0.496 e. The lowest BCUT2D eigenvalue weighted by Crippen LogP contribution is -1.96. The van der Waals surface area contributed by atoms with Gasteiger partial charge in [0.05, 0.1) is 12.5 Å². The summed E-state index contributed by atoms with van der Waals surface area (Å²) in [7, 11) is 1.66. The molecule has 1 unspecified atom stereocenters. The summed E-state index contributed by atoms with van der Waals surface area (Å²) in [5.74, 6) is 3.10. The zero-order valence-electron chi connectivity index (χ0n) is 11.0. The van der Waals surface area contributed by atoms with E-state index in [0.717, 1.165) is 23.5 Å². The number of aryl methyl sites for hydroxylation is 1. The van der Waals surface area contributed by atoms with Crippen LogP contribution in [0.25, 0.3) is 0 Å². The first-order valence-electron chi connectivity index (χ1n) is 6.36. The molecule has 0 radical (unpaired) electrons. The number of hydrogen-bond donors (Lipinski definition) is 0. The number of hydrogen-bond acceptors (Lipinski definition) is 3. The Morgan fingerprint density at radius 3 is 2.90 bits per heavy atom. The van der Waals surface area contributed by atoms with Crippen LogP contribution in [-0.2, 0) is 12.2 Å². The first kappa shape index (κ1) is 14.6. The minimum absolute atomic E-state index is 0.204. The number of thiophene rings is 1. The standard InChI is InChI=1S/C15H14Cl2OS2/c1-18-12-3-2-10(16)7-11(12)15(17)14-6-9-8-19-5-4-13(9)20-14/h2-3,6-7,15H,4-5,8H2,1H3. The molecule has 0 aliphatic carbocycles. The van der Waals surface area contributed by atoms with E-state index in [9.17, 15) is 0 Å². The maximum absolute atomic E-state index is 6.67. The summed E-state index contributed by atoms with van der Waals surface area (Å²) >= 11 is 16.6. The molecule has 1 aromatic carbocycles. The number of methoxy groups -OCH3 is 1. The van der Waals surface area contributed by atoms with Gasteiger partial charge in [-0.05, 0) is 42.0 Å². The summed E-state index contributed by atoms with van der Waals surface area (Å²) in [6.45, 7) is 0. The molecule has 1 aliphatic heterocycles. The van der Waals surface area contributed by atoms with Crippen LogP contribution in [0.5, 0.6) is 5.75 Å². The van der Waals surface area contributed by atoms with Crippen molar-refractivity contribution in [2.24, 2.45) is 0 Å². The summed E-state index contributed by atoms with van der Waals surface area (Å²) in [5.41, 5.74) is 2.38. The quantitative estimate of drug-likeness (QED) is 0.677. The van der Waals surface area contributed by atoms with Gasteiger partial charge >= 0.3 is 0 Å². The first-order valence-corrected chi connectivity index (χ1v) is 9.14. The smallest absolute Gasteiger partial charge is 0.124 e. The molecule has 1 aromatic heterocycles. The van der Waals surface area contributed by atoms with Gasteiger partial charge in [-0.15, -0.1) is 22.9 Å². The lowest BCUT2D eigenvalue weighted by molar-refractivity contribution is 0.410. The Labute approximate surface area is 137 Å². The van der Waals surface area contributed by atoms with Crippen LogP contribution < -0.4 is 4.74 Å². The molecule has 0 bridgehead atoms. The highest BCUT2D eigenvalue weighted by atomic mass is 35.5. The third-order valence-electron chi connectivity index (χ3n) is 3.36. The van der Waals surface area contributed by atoms with Crippen molar-refractivity contribution in [3.63, 3.8) is 0 Å². The fourth-order valence-electron chi connectivity index (χ4n) is 2.35. The number of halogens is 2. The van der Waals surface area contributed by atoms with Crippen LogP contribution in [-0.4, -0.2) is 12.9 Å².